The molecule has 0 saturated carbocycles. The van der Waals surface area contributed by atoms with Gasteiger partial charge in [0.15, 0.2) is 0 Å². The summed E-state index contributed by atoms with van der Waals surface area (Å²) in [7, 11) is 0. The Bertz CT molecular complexity index is 104. The molecule has 0 radical (unpaired) electrons. The number of hydrogen-bond donors (Lipinski definition) is 2. The molecule has 80 valence electrons. The van der Waals surface area contributed by atoms with E-state index < -0.39 is 0 Å². The fourth-order valence-electron chi connectivity index (χ4n) is 1.47. The quantitative estimate of drug-likeness (QED) is 0.571. The monoisotopic (exact) mass is 187 g/mol. The average molecular weight is 187 g/mol. The molecule has 0 aromatic carbocycles. The van der Waals surface area contributed by atoms with Crippen molar-refractivity contribution in [3.8, 4) is 0 Å². The Kier molecular flexibility index (Phi) is 8.46. The third kappa shape index (κ3) is 7.03. The number of nitrogens with one attached hydrogen (secondary N) is 1. The summed E-state index contributed by atoms with van der Waals surface area (Å²) in [5.41, 5.74) is 0. The third-order valence-electron chi connectivity index (χ3n) is 2.43. The Balaban J connectivity index is 3.45. The van der Waals surface area contributed by atoms with Crippen LogP contribution in [0.15, 0.2) is 0 Å². The van der Waals surface area contributed by atoms with Gasteiger partial charge in [0.1, 0.15) is 0 Å². The minimum atomic E-state index is 0.295. The SMILES string of the molecule is CCCCCNC(CCO)C(C)C. The van der Waals surface area contributed by atoms with E-state index in [1.54, 1.807) is 0 Å². The van der Waals surface area contributed by atoms with Crippen LogP contribution in [-0.4, -0.2) is 24.3 Å². The zero-order valence-electron chi connectivity index (χ0n) is 9.34. The normalized spacial score (nSPS) is 13.6. The van der Waals surface area contributed by atoms with E-state index in [1.165, 1.54) is 19.3 Å². The molecule has 0 spiro atoms. The molecular formula is C11H25NO. The molecule has 0 aromatic rings. The van der Waals surface area contributed by atoms with E-state index in [0.717, 1.165) is 13.0 Å². The molecule has 1 atom stereocenters. The van der Waals surface area contributed by atoms with Crippen LogP contribution in [0, 0.1) is 5.92 Å². The standard InChI is InChI=1S/C11H25NO/c1-4-5-6-8-12-11(7-9-13)10(2)3/h10-13H,4-9H2,1-3H3. The summed E-state index contributed by atoms with van der Waals surface area (Å²) >= 11 is 0. The molecule has 0 fully saturated rings. The van der Waals surface area contributed by atoms with Crippen molar-refractivity contribution in [3.63, 3.8) is 0 Å². The molecule has 1 unspecified atom stereocenters. The van der Waals surface area contributed by atoms with E-state index in [2.05, 4.69) is 26.1 Å². The van der Waals surface area contributed by atoms with Crippen LogP contribution in [0.2, 0.25) is 0 Å². The second-order valence-electron chi connectivity index (χ2n) is 4.02. The third-order valence-corrected chi connectivity index (χ3v) is 2.43. The highest BCUT2D eigenvalue weighted by molar-refractivity contribution is 4.69. The van der Waals surface area contributed by atoms with Crippen molar-refractivity contribution < 1.29 is 5.11 Å². The maximum absolute atomic E-state index is 8.85. The summed E-state index contributed by atoms with van der Waals surface area (Å²) in [6.07, 6.45) is 4.71. The average Bonchev–Trinajstić information content (AvgIpc) is 2.10. The minimum Gasteiger partial charge on any atom is -0.396 e. The molecule has 0 aliphatic carbocycles. The predicted octanol–water partition coefficient (Wildman–Crippen LogP) is 2.17. The zero-order valence-corrected chi connectivity index (χ0v) is 9.34. The number of rotatable bonds is 8. The van der Waals surface area contributed by atoms with Gasteiger partial charge in [-0.1, -0.05) is 33.6 Å². The topological polar surface area (TPSA) is 32.3 Å². The molecule has 2 heteroatoms. The Morgan fingerprint density at radius 3 is 2.38 bits per heavy atom. The smallest absolute Gasteiger partial charge is 0.0445 e. The van der Waals surface area contributed by atoms with Crippen LogP contribution in [0.25, 0.3) is 0 Å². The van der Waals surface area contributed by atoms with Gasteiger partial charge in [-0.2, -0.15) is 0 Å². The maximum atomic E-state index is 8.85. The molecule has 0 amide bonds. The molecule has 2 N–H and O–H groups in total. The molecule has 0 saturated heterocycles. The first kappa shape index (κ1) is 12.9. The van der Waals surface area contributed by atoms with Crippen LogP contribution in [0.3, 0.4) is 0 Å². The van der Waals surface area contributed by atoms with Gasteiger partial charge in [-0.3, -0.25) is 0 Å². The van der Waals surface area contributed by atoms with Crippen LogP contribution in [0.1, 0.15) is 46.5 Å². The minimum absolute atomic E-state index is 0.295. The molecule has 0 aliphatic heterocycles. The summed E-state index contributed by atoms with van der Waals surface area (Å²) < 4.78 is 0. The molecule has 0 aliphatic rings. The van der Waals surface area contributed by atoms with E-state index in [0.29, 0.717) is 18.6 Å². The van der Waals surface area contributed by atoms with Crippen molar-refractivity contribution in [2.24, 2.45) is 5.92 Å². The highest BCUT2D eigenvalue weighted by Gasteiger charge is 2.10. The summed E-state index contributed by atoms with van der Waals surface area (Å²) in [6.45, 7) is 8.01. The van der Waals surface area contributed by atoms with Crippen molar-refractivity contribution in [2.75, 3.05) is 13.2 Å². The first-order chi connectivity index (χ1) is 6.22. The number of aliphatic hydroxyl groups is 1. The van der Waals surface area contributed by atoms with Crippen LogP contribution in [0.5, 0.6) is 0 Å². The van der Waals surface area contributed by atoms with Crippen LogP contribution in [-0.2, 0) is 0 Å². The Morgan fingerprint density at radius 2 is 1.92 bits per heavy atom. The summed E-state index contributed by atoms with van der Waals surface area (Å²) in [5, 5.41) is 12.3. The van der Waals surface area contributed by atoms with E-state index >= 15 is 0 Å². The summed E-state index contributed by atoms with van der Waals surface area (Å²) in [6, 6.07) is 0.488. The zero-order chi connectivity index (χ0) is 10.1. The summed E-state index contributed by atoms with van der Waals surface area (Å²) in [4.78, 5) is 0. The molecule has 13 heavy (non-hydrogen) atoms. The van der Waals surface area contributed by atoms with Gasteiger partial charge in [0.05, 0.1) is 0 Å². The van der Waals surface area contributed by atoms with Gasteiger partial charge in [0.25, 0.3) is 0 Å². The van der Waals surface area contributed by atoms with Gasteiger partial charge < -0.3 is 10.4 Å². The van der Waals surface area contributed by atoms with Gasteiger partial charge in [-0.05, 0) is 25.3 Å². The van der Waals surface area contributed by atoms with Gasteiger partial charge in [0.2, 0.25) is 0 Å². The van der Waals surface area contributed by atoms with Crippen molar-refractivity contribution in [1.29, 1.82) is 0 Å². The van der Waals surface area contributed by atoms with E-state index in [9.17, 15) is 0 Å². The van der Waals surface area contributed by atoms with Gasteiger partial charge in [0, 0.05) is 12.6 Å². The van der Waals surface area contributed by atoms with Crippen molar-refractivity contribution in [1.82, 2.24) is 5.32 Å². The molecular weight excluding hydrogens is 162 g/mol. The molecule has 2 nitrogen and oxygen atoms in total. The maximum Gasteiger partial charge on any atom is 0.0445 e. The lowest BCUT2D eigenvalue weighted by atomic mass is 10.0. The van der Waals surface area contributed by atoms with E-state index in [-0.39, 0.29) is 0 Å². The molecule has 0 bridgehead atoms. The van der Waals surface area contributed by atoms with E-state index in [4.69, 9.17) is 5.11 Å². The van der Waals surface area contributed by atoms with Crippen molar-refractivity contribution in [3.05, 3.63) is 0 Å². The van der Waals surface area contributed by atoms with Crippen LogP contribution < -0.4 is 5.32 Å². The van der Waals surface area contributed by atoms with Gasteiger partial charge >= 0.3 is 0 Å². The lowest BCUT2D eigenvalue weighted by molar-refractivity contribution is 0.244. The predicted molar refractivity (Wildman–Crippen MR) is 57.9 cm³/mol. The lowest BCUT2D eigenvalue weighted by Crippen LogP contribution is -2.35. The highest BCUT2D eigenvalue weighted by atomic mass is 16.3. The van der Waals surface area contributed by atoms with Gasteiger partial charge in [-0.15, -0.1) is 0 Å². The highest BCUT2D eigenvalue weighted by Crippen LogP contribution is 2.05. The Hall–Kier alpha value is -0.0800. The second-order valence-corrected chi connectivity index (χ2v) is 4.02. The number of unbranched alkanes of at least 4 members (excludes halogenated alkanes) is 2. The van der Waals surface area contributed by atoms with Gasteiger partial charge in [-0.25, -0.2) is 0 Å². The van der Waals surface area contributed by atoms with Crippen molar-refractivity contribution >= 4 is 0 Å². The van der Waals surface area contributed by atoms with Crippen molar-refractivity contribution in [2.45, 2.75) is 52.5 Å². The van der Waals surface area contributed by atoms with Crippen LogP contribution in [0.4, 0.5) is 0 Å². The Labute approximate surface area is 82.7 Å². The largest absolute Gasteiger partial charge is 0.396 e. The number of hydrogen-bond acceptors (Lipinski definition) is 2. The molecule has 0 rings (SSSR count). The lowest BCUT2D eigenvalue weighted by Gasteiger charge is -2.21. The van der Waals surface area contributed by atoms with E-state index in [1.807, 2.05) is 0 Å². The second kappa shape index (κ2) is 8.52. The number of aliphatic hydroxyl groups excluding tert-OH is 1. The Morgan fingerprint density at radius 1 is 1.23 bits per heavy atom. The fraction of sp³-hybridized carbons (Fsp3) is 1.00. The summed E-state index contributed by atoms with van der Waals surface area (Å²) in [5.74, 6) is 0.619. The first-order valence-electron chi connectivity index (χ1n) is 5.56. The van der Waals surface area contributed by atoms with Crippen LogP contribution >= 0.6 is 0 Å². The molecule has 0 heterocycles. The molecule has 0 aromatic heterocycles. The first-order valence-corrected chi connectivity index (χ1v) is 5.56. The fourth-order valence-corrected chi connectivity index (χ4v) is 1.47.